The first-order valence-electron chi connectivity index (χ1n) is 8.21. The quantitative estimate of drug-likeness (QED) is 0.485. The summed E-state index contributed by atoms with van der Waals surface area (Å²) >= 11 is 1.03. The van der Waals surface area contributed by atoms with E-state index in [2.05, 4.69) is 20.5 Å². The van der Waals surface area contributed by atoms with Crippen molar-refractivity contribution in [2.24, 2.45) is 0 Å². The highest BCUT2D eigenvalue weighted by atomic mass is 32.2. The van der Waals surface area contributed by atoms with Gasteiger partial charge in [-0.2, -0.15) is 0 Å². The molecule has 0 saturated carbocycles. The molecule has 1 heterocycles. The number of hydrogen-bond acceptors (Lipinski definition) is 7. The molecule has 0 aliphatic rings. The maximum Gasteiger partial charge on any atom is 0.339 e. The number of carbonyl (C=O) groups is 2. The molecule has 0 radical (unpaired) electrons. The van der Waals surface area contributed by atoms with E-state index < -0.39 is 5.97 Å². The molecule has 0 bridgehead atoms. The summed E-state index contributed by atoms with van der Waals surface area (Å²) in [6, 6.07) is 15.5. The molecular formula is C19H16N4O4S. The fraction of sp³-hybridized carbons (Fsp3) is 0.105. The minimum atomic E-state index is -0.546. The Morgan fingerprint density at radius 2 is 1.79 bits per heavy atom. The van der Waals surface area contributed by atoms with Gasteiger partial charge in [-0.25, -0.2) is 4.79 Å². The van der Waals surface area contributed by atoms with Crippen LogP contribution in [0.2, 0.25) is 0 Å². The fourth-order valence-corrected chi connectivity index (χ4v) is 2.98. The number of thioether (sulfide) groups is 1. The highest BCUT2D eigenvalue weighted by Gasteiger charge is 2.14. The molecule has 28 heavy (non-hydrogen) atoms. The van der Waals surface area contributed by atoms with Crippen molar-refractivity contribution in [2.75, 3.05) is 18.2 Å². The van der Waals surface area contributed by atoms with Crippen LogP contribution >= 0.6 is 11.8 Å². The van der Waals surface area contributed by atoms with Crippen LogP contribution in [0.5, 0.6) is 0 Å². The van der Waals surface area contributed by atoms with Crippen molar-refractivity contribution in [3.05, 3.63) is 70.5 Å². The lowest BCUT2D eigenvalue weighted by atomic mass is 10.2. The number of para-hydroxylation sites is 1. The lowest BCUT2D eigenvalue weighted by molar-refractivity contribution is -0.113. The summed E-state index contributed by atoms with van der Waals surface area (Å²) in [7, 11) is 1.27. The van der Waals surface area contributed by atoms with E-state index in [0.717, 1.165) is 11.8 Å². The van der Waals surface area contributed by atoms with E-state index in [1.807, 2.05) is 6.07 Å². The zero-order valence-corrected chi connectivity index (χ0v) is 15.7. The number of ether oxygens (including phenoxy) is 1. The standard InChI is InChI=1S/C19H16N4O4S/c1-27-18(26)13-9-5-6-10-14(13)20-15(24)11-28-19-21-17(25)16(22-23-19)12-7-3-2-4-8-12/h2-10H,11H2,1H3,(H,20,24)(H,21,23,25). The number of hydrogen-bond donors (Lipinski definition) is 2. The Hall–Kier alpha value is -3.46. The first kappa shape index (κ1) is 19.3. The van der Waals surface area contributed by atoms with E-state index in [1.54, 1.807) is 48.5 Å². The van der Waals surface area contributed by atoms with Crippen LogP contribution in [-0.2, 0) is 9.53 Å². The summed E-state index contributed by atoms with van der Waals surface area (Å²) in [6.07, 6.45) is 0. The van der Waals surface area contributed by atoms with Gasteiger partial charge in [0.2, 0.25) is 5.91 Å². The second-order valence-electron chi connectivity index (χ2n) is 5.55. The summed E-state index contributed by atoms with van der Waals surface area (Å²) in [4.78, 5) is 38.8. The van der Waals surface area contributed by atoms with Crippen LogP contribution in [0.15, 0.2) is 64.5 Å². The lowest BCUT2D eigenvalue weighted by Gasteiger charge is -2.09. The summed E-state index contributed by atoms with van der Waals surface area (Å²) < 4.78 is 4.70. The Labute approximate surface area is 164 Å². The molecule has 8 nitrogen and oxygen atoms in total. The van der Waals surface area contributed by atoms with Gasteiger partial charge in [-0.1, -0.05) is 54.2 Å². The number of anilines is 1. The van der Waals surface area contributed by atoms with Gasteiger partial charge in [0.05, 0.1) is 24.1 Å². The van der Waals surface area contributed by atoms with Crippen molar-refractivity contribution >= 4 is 29.3 Å². The molecule has 1 aromatic heterocycles. The minimum absolute atomic E-state index is 0.0230. The molecule has 1 amide bonds. The van der Waals surface area contributed by atoms with E-state index in [-0.39, 0.29) is 33.6 Å². The summed E-state index contributed by atoms with van der Waals surface area (Å²) in [5.41, 5.74) is 1.08. The molecule has 3 rings (SSSR count). The molecule has 3 aromatic rings. The molecule has 0 spiro atoms. The number of aromatic nitrogens is 3. The molecule has 0 aliphatic carbocycles. The number of carbonyl (C=O) groups excluding carboxylic acids is 2. The Morgan fingerprint density at radius 3 is 2.50 bits per heavy atom. The van der Waals surface area contributed by atoms with Crippen molar-refractivity contribution in [2.45, 2.75) is 5.16 Å². The number of aromatic amines is 1. The monoisotopic (exact) mass is 396 g/mol. The van der Waals surface area contributed by atoms with Crippen LogP contribution in [0.1, 0.15) is 10.4 Å². The zero-order chi connectivity index (χ0) is 19.9. The van der Waals surface area contributed by atoms with Crippen molar-refractivity contribution in [3.63, 3.8) is 0 Å². The molecule has 9 heteroatoms. The predicted molar refractivity (Wildman–Crippen MR) is 105 cm³/mol. The molecule has 0 fully saturated rings. The number of nitrogens with zero attached hydrogens (tertiary/aromatic N) is 2. The first-order valence-corrected chi connectivity index (χ1v) is 9.19. The van der Waals surface area contributed by atoms with Crippen molar-refractivity contribution < 1.29 is 14.3 Å². The maximum absolute atomic E-state index is 12.2. The number of methoxy groups -OCH3 is 1. The second kappa shape index (κ2) is 8.96. The van der Waals surface area contributed by atoms with Crippen LogP contribution in [0.4, 0.5) is 5.69 Å². The van der Waals surface area contributed by atoms with E-state index in [4.69, 9.17) is 4.74 Å². The third-order valence-corrected chi connectivity index (χ3v) is 4.53. The van der Waals surface area contributed by atoms with E-state index >= 15 is 0 Å². The molecule has 2 N–H and O–H groups in total. The summed E-state index contributed by atoms with van der Waals surface area (Å²) in [5, 5.41) is 10.8. The molecule has 0 unspecified atom stereocenters. The van der Waals surface area contributed by atoms with Gasteiger partial charge in [-0.3, -0.25) is 14.6 Å². The van der Waals surface area contributed by atoms with Gasteiger partial charge < -0.3 is 10.1 Å². The molecule has 142 valence electrons. The van der Waals surface area contributed by atoms with Crippen LogP contribution in [0.25, 0.3) is 11.3 Å². The second-order valence-corrected chi connectivity index (χ2v) is 6.51. The Morgan fingerprint density at radius 1 is 1.07 bits per heavy atom. The zero-order valence-electron chi connectivity index (χ0n) is 14.8. The number of esters is 1. The smallest absolute Gasteiger partial charge is 0.339 e. The van der Waals surface area contributed by atoms with Crippen molar-refractivity contribution in [3.8, 4) is 11.3 Å². The highest BCUT2D eigenvalue weighted by Crippen LogP contribution is 2.18. The average molecular weight is 396 g/mol. The van der Waals surface area contributed by atoms with Gasteiger partial charge in [-0.05, 0) is 12.1 Å². The van der Waals surface area contributed by atoms with Crippen LogP contribution in [0.3, 0.4) is 0 Å². The van der Waals surface area contributed by atoms with Gasteiger partial charge in [0, 0.05) is 5.56 Å². The molecule has 0 atom stereocenters. The van der Waals surface area contributed by atoms with Crippen LogP contribution in [0, 0.1) is 0 Å². The van der Waals surface area contributed by atoms with Crippen LogP contribution in [-0.4, -0.2) is 39.9 Å². The van der Waals surface area contributed by atoms with Gasteiger partial charge in [0.15, 0.2) is 10.9 Å². The summed E-state index contributed by atoms with van der Waals surface area (Å²) in [5.74, 6) is -0.934. The fourth-order valence-electron chi connectivity index (χ4n) is 2.37. The maximum atomic E-state index is 12.2. The third kappa shape index (κ3) is 4.63. The van der Waals surface area contributed by atoms with Crippen molar-refractivity contribution in [1.82, 2.24) is 15.2 Å². The molecular weight excluding hydrogens is 380 g/mol. The topological polar surface area (TPSA) is 114 Å². The largest absolute Gasteiger partial charge is 0.465 e. The van der Waals surface area contributed by atoms with Gasteiger partial charge >= 0.3 is 5.97 Å². The lowest BCUT2D eigenvalue weighted by Crippen LogP contribution is -2.18. The minimum Gasteiger partial charge on any atom is -0.465 e. The normalized spacial score (nSPS) is 10.3. The van der Waals surface area contributed by atoms with E-state index in [1.165, 1.54) is 7.11 Å². The van der Waals surface area contributed by atoms with E-state index in [9.17, 15) is 14.4 Å². The van der Waals surface area contributed by atoms with Gasteiger partial charge in [0.25, 0.3) is 5.56 Å². The highest BCUT2D eigenvalue weighted by molar-refractivity contribution is 7.99. The molecule has 2 aromatic carbocycles. The summed E-state index contributed by atoms with van der Waals surface area (Å²) in [6.45, 7) is 0. The number of amides is 1. The number of H-pyrrole nitrogens is 1. The molecule has 0 saturated heterocycles. The van der Waals surface area contributed by atoms with Crippen LogP contribution < -0.4 is 10.9 Å². The van der Waals surface area contributed by atoms with Gasteiger partial charge in [-0.15, -0.1) is 10.2 Å². The third-order valence-electron chi connectivity index (χ3n) is 3.67. The van der Waals surface area contributed by atoms with E-state index in [0.29, 0.717) is 11.3 Å². The Kier molecular flexibility index (Phi) is 6.18. The average Bonchev–Trinajstić information content (AvgIpc) is 2.73. The number of benzene rings is 2. The Balaban J connectivity index is 1.65. The molecule has 0 aliphatic heterocycles. The Bertz CT molecular complexity index is 1050. The van der Waals surface area contributed by atoms with Crippen molar-refractivity contribution in [1.29, 1.82) is 0 Å². The predicted octanol–water partition coefficient (Wildman–Crippen LogP) is 2.35. The first-order chi connectivity index (χ1) is 13.6. The number of nitrogens with one attached hydrogen (secondary N) is 2. The number of rotatable bonds is 6. The van der Waals surface area contributed by atoms with Gasteiger partial charge in [0.1, 0.15) is 0 Å². The SMILES string of the molecule is COC(=O)c1ccccc1NC(=O)CSc1nnc(-c2ccccc2)c(=O)[nH]1.